The molecule has 1 heterocycles. The lowest BCUT2D eigenvalue weighted by molar-refractivity contribution is -0.155. The Morgan fingerprint density at radius 3 is 2.36 bits per heavy atom. The highest BCUT2D eigenvalue weighted by Crippen LogP contribution is 2.50. The number of aliphatic carboxylic acids is 1. The number of carboxylic acids is 1. The minimum atomic E-state index is -1.36. The van der Waals surface area contributed by atoms with Gasteiger partial charge in [-0.3, -0.25) is 4.79 Å². The standard InChI is InChI=1S/C40H57N5O5/c1-25(2)31-23-30(41-17-10-9-11-18-44(5)6)15-16-33(31)45-34(37-35(49-7)13-12-14-36(37)50-8)24-32(43-45)38(46)42-40(39(47)48)27(4)21-28-19-26(3)20-29(40)22-28/h12-16,23-29,41H,9-11,17-22H2,1-8H3,(H,42,46)(H,47,48). The smallest absolute Gasteiger partial charge is 0.329 e. The van der Waals surface area contributed by atoms with Crippen LogP contribution in [0.5, 0.6) is 11.5 Å². The second-order valence-electron chi connectivity index (χ2n) is 15.2. The minimum Gasteiger partial charge on any atom is -0.496 e. The Labute approximate surface area is 297 Å². The van der Waals surface area contributed by atoms with E-state index in [9.17, 15) is 14.7 Å². The van der Waals surface area contributed by atoms with Crippen LogP contribution in [0.3, 0.4) is 0 Å². The number of amides is 1. The fourth-order valence-electron chi connectivity index (χ4n) is 8.55. The van der Waals surface area contributed by atoms with Gasteiger partial charge in [0, 0.05) is 12.2 Å². The summed E-state index contributed by atoms with van der Waals surface area (Å²) in [7, 11) is 7.41. The Morgan fingerprint density at radius 2 is 1.72 bits per heavy atom. The molecule has 0 aliphatic heterocycles. The van der Waals surface area contributed by atoms with E-state index in [2.05, 4.69) is 62.5 Å². The highest BCUT2D eigenvalue weighted by atomic mass is 16.5. The number of fused-ring (bicyclic) bond motifs is 2. The summed E-state index contributed by atoms with van der Waals surface area (Å²) in [5, 5.41) is 22.4. The van der Waals surface area contributed by atoms with E-state index in [1.54, 1.807) is 25.0 Å². The Morgan fingerprint density at radius 1 is 1.00 bits per heavy atom. The lowest BCUT2D eigenvalue weighted by atomic mass is 9.56. The van der Waals surface area contributed by atoms with Crippen LogP contribution in [0.15, 0.2) is 42.5 Å². The van der Waals surface area contributed by atoms with Crippen molar-refractivity contribution in [1.29, 1.82) is 0 Å². The van der Waals surface area contributed by atoms with Crippen molar-refractivity contribution in [2.45, 2.75) is 84.1 Å². The maximum atomic E-state index is 14.3. The number of benzene rings is 2. The molecule has 50 heavy (non-hydrogen) atoms. The third kappa shape index (κ3) is 7.65. The number of carbonyl (C=O) groups is 2. The molecule has 272 valence electrons. The van der Waals surface area contributed by atoms with Crippen molar-refractivity contribution in [1.82, 2.24) is 20.0 Å². The van der Waals surface area contributed by atoms with Gasteiger partial charge in [-0.1, -0.05) is 40.2 Å². The van der Waals surface area contributed by atoms with E-state index < -0.39 is 17.4 Å². The van der Waals surface area contributed by atoms with Crippen molar-refractivity contribution in [3.05, 3.63) is 53.7 Å². The molecule has 0 spiro atoms. The van der Waals surface area contributed by atoms with Gasteiger partial charge in [0.1, 0.15) is 17.0 Å². The quantitative estimate of drug-likeness (QED) is 0.141. The van der Waals surface area contributed by atoms with Gasteiger partial charge in [-0.25, -0.2) is 9.48 Å². The second kappa shape index (κ2) is 15.9. The molecule has 3 aromatic rings. The van der Waals surface area contributed by atoms with Crippen LogP contribution in [-0.4, -0.2) is 78.6 Å². The number of rotatable bonds is 15. The molecule has 0 radical (unpaired) electrons. The molecule has 10 heteroatoms. The molecule has 2 aliphatic carbocycles. The number of carboxylic acid groups (broad SMARTS) is 1. The first-order chi connectivity index (χ1) is 23.9. The molecule has 2 aromatic carbocycles. The largest absolute Gasteiger partial charge is 0.496 e. The summed E-state index contributed by atoms with van der Waals surface area (Å²) < 4.78 is 13.4. The van der Waals surface area contributed by atoms with Crippen molar-refractivity contribution in [2.75, 3.05) is 46.7 Å². The normalized spacial score (nSPS) is 23.2. The van der Waals surface area contributed by atoms with Crippen molar-refractivity contribution in [3.63, 3.8) is 0 Å². The fourth-order valence-corrected chi connectivity index (χ4v) is 8.55. The summed E-state index contributed by atoms with van der Waals surface area (Å²) in [5.41, 5.74) is 2.95. The molecule has 5 unspecified atom stereocenters. The monoisotopic (exact) mass is 687 g/mol. The first-order valence-electron chi connectivity index (χ1n) is 18.3. The zero-order valence-electron chi connectivity index (χ0n) is 31.2. The van der Waals surface area contributed by atoms with Gasteiger partial charge in [0.25, 0.3) is 5.91 Å². The number of unbranched alkanes of at least 4 members (excludes halogenated alkanes) is 2. The van der Waals surface area contributed by atoms with Crippen molar-refractivity contribution >= 4 is 17.6 Å². The van der Waals surface area contributed by atoms with Crippen molar-refractivity contribution in [3.8, 4) is 28.4 Å². The Hall–Kier alpha value is -4.05. The van der Waals surface area contributed by atoms with Crippen LogP contribution >= 0.6 is 0 Å². The first kappa shape index (κ1) is 37.2. The molecule has 5 atom stereocenters. The molecule has 1 aromatic heterocycles. The van der Waals surface area contributed by atoms with E-state index in [0.717, 1.165) is 68.6 Å². The number of anilines is 1. The van der Waals surface area contributed by atoms with Crippen LogP contribution < -0.4 is 20.1 Å². The maximum absolute atomic E-state index is 14.3. The molecule has 2 fully saturated rings. The molecule has 10 nitrogen and oxygen atoms in total. The van der Waals surface area contributed by atoms with E-state index >= 15 is 0 Å². The van der Waals surface area contributed by atoms with E-state index in [1.165, 1.54) is 6.42 Å². The van der Waals surface area contributed by atoms with Gasteiger partial charge in [0.15, 0.2) is 5.69 Å². The van der Waals surface area contributed by atoms with Crippen LogP contribution in [0.2, 0.25) is 0 Å². The molecule has 2 saturated carbocycles. The molecule has 2 aliphatic rings. The van der Waals surface area contributed by atoms with Crippen LogP contribution in [0.1, 0.15) is 94.6 Å². The van der Waals surface area contributed by atoms with Gasteiger partial charge in [0.05, 0.1) is 31.2 Å². The molecule has 1 amide bonds. The lowest BCUT2D eigenvalue weighted by Crippen LogP contribution is -2.66. The number of ether oxygens (including phenoxy) is 2. The lowest BCUT2D eigenvalue weighted by Gasteiger charge is -2.52. The molecule has 2 bridgehead atoms. The van der Waals surface area contributed by atoms with Gasteiger partial charge in [-0.05, 0) is 131 Å². The molecule has 5 rings (SSSR count). The molecule has 0 saturated heterocycles. The van der Waals surface area contributed by atoms with E-state index in [1.807, 2.05) is 31.2 Å². The number of nitrogens with one attached hydrogen (secondary N) is 2. The van der Waals surface area contributed by atoms with Crippen LogP contribution in [-0.2, 0) is 4.79 Å². The number of aromatic nitrogens is 2. The molecular weight excluding hydrogens is 630 g/mol. The number of carbonyl (C=O) groups excluding carboxylic acids is 1. The van der Waals surface area contributed by atoms with Crippen molar-refractivity contribution < 1.29 is 24.2 Å². The zero-order chi connectivity index (χ0) is 36.2. The number of nitrogens with zero attached hydrogens (tertiary/aromatic N) is 3. The number of hydrogen-bond donors (Lipinski definition) is 3. The summed E-state index contributed by atoms with van der Waals surface area (Å²) in [6.07, 6.45) is 6.89. The molecular formula is C40H57N5O5. The summed E-state index contributed by atoms with van der Waals surface area (Å²) in [6, 6.07) is 13.5. The van der Waals surface area contributed by atoms with E-state index in [4.69, 9.17) is 14.6 Å². The zero-order valence-corrected chi connectivity index (χ0v) is 31.2. The summed E-state index contributed by atoms with van der Waals surface area (Å²) in [4.78, 5) is 29.7. The van der Waals surface area contributed by atoms with Crippen LogP contribution in [0.4, 0.5) is 5.69 Å². The summed E-state index contributed by atoms with van der Waals surface area (Å²) >= 11 is 0. The summed E-state index contributed by atoms with van der Waals surface area (Å²) in [5.74, 6) is 0.369. The Kier molecular flexibility index (Phi) is 11.8. The third-order valence-electron chi connectivity index (χ3n) is 10.9. The van der Waals surface area contributed by atoms with Gasteiger partial charge in [0.2, 0.25) is 0 Å². The number of hydrogen-bond acceptors (Lipinski definition) is 7. The Bertz CT molecular complexity index is 1620. The average Bonchev–Trinajstić information content (AvgIpc) is 3.52. The average molecular weight is 688 g/mol. The SMILES string of the molecule is COc1cccc(OC)c1-c1cc(C(=O)NC2(C(=O)O)C(C)CC3CC(C)CC2C3)nn1-c1ccc(NCCCCCN(C)C)cc1C(C)C. The summed E-state index contributed by atoms with van der Waals surface area (Å²) in [6.45, 7) is 10.4. The maximum Gasteiger partial charge on any atom is 0.329 e. The highest BCUT2D eigenvalue weighted by molar-refractivity contribution is 5.98. The predicted octanol–water partition coefficient (Wildman–Crippen LogP) is 7.47. The van der Waals surface area contributed by atoms with Gasteiger partial charge in [-0.15, -0.1) is 0 Å². The molecule has 3 N–H and O–H groups in total. The van der Waals surface area contributed by atoms with Gasteiger partial charge < -0.3 is 30.1 Å². The fraction of sp³-hybridized carbons (Fsp3) is 0.575. The first-order valence-corrected chi connectivity index (χ1v) is 18.3. The number of methoxy groups -OCH3 is 2. The van der Waals surface area contributed by atoms with Gasteiger partial charge in [-0.2, -0.15) is 5.10 Å². The van der Waals surface area contributed by atoms with Gasteiger partial charge >= 0.3 is 5.97 Å². The highest BCUT2D eigenvalue weighted by Gasteiger charge is 2.56. The van der Waals surface area contributed by atoms with E-state index in [-0.39, 0.29) is 23.4 Å². The Balaban J connectivity index is 1.55. The van der Waals surface area contributed by atoms with Crippen LogP contribution in [0, 0.1) is 23.7 Å². The third-order valence-corrected chi connectivity index (χ3v) is 10.9. The van der Waals surface area contributed by atoms with E-state index in [0.29, 0.717) is 34.6 Å². The predicted molar refractivity (Wildman–Crippen MR) is 199 cm³/mol. The van der Waals surface area contributed by atoms with Crippen LogP contribution in [0.25, 0.3) is 16.9 Å². The second-order valence-corrected chi connectivity index (χ2v) is 15.2. The van der Waals surface area contributed by atoms with Crippen molar-refractivity contribution in [2.24, 2.45) is 23.7 Å². The topological polar surface area (TPSA) is 118 Å². The minimum absolute atomic E-state index is 0.139.